The molecule has 2 aromatic carbocycles. The van der Waals surface area contributed by atoms with Crippen LogP contribution in [0.25, 0.3) is 0 Å². The van der Waals surface area contributed by atoms with Gasteiger partial charge in [0, 0.05) is 36.3 Å². The molecule has 1 aliphatic rings. The van der Waals surface area contributed by atoms with Crippen LogP contribution in [-0.2, 0) is 0 Å². The zero-order valence-electron chi connectivity index (χ0n) is 13.9. The van der Waals surface area contributed by atoms with Crippen molar-refractivity contribution in [3.63, 3.8) is 0 Å². The number of rotatable bonds is 4. The van der Waals surface area contributed by atoms with E-state index in [1.807, 2.05) is 0 Å². The van der Waals surface area contributed by atoms with Gasteiger partial charge in [-0.2, -0.15) is 0 Å². The molecule has 0 aromatic heterocycles. The van der Waals surface area contributed by atoms with E-state index in [-0.39, 0.29) is 35.3 Å². The number of carbonyl (C=O) groups is 2. The first-order chi connectivity index (χ1) is 12.3. The van der Waals surface area contributed by atoms with Crippen molar-refractivity contribution in [1.82, 2.24) is 0 Å². The van der Waals surface area contributed by atoms with Crippen LogP contribution in [0.3, 0.4) is 0 Å². The summed E-state index contributed by atoms with van der Waals surface area (Å²) in [6.07, 6.45) is 0. The Morgan fingerprint density at radius 3 is 1.35 bits per heavy atom. The fourth-order valence-corrected chi connectivity index (χ4v) is 3.29. The molecule has 0 radical (unpaired) electrons. The van der Waals surface area contributed by atoms with Crippen molar-refractivity contribution >= 4 is 11.6 Å². The van der Waals surface area contributed by atoms with Gasteiger partial charge in [-0.05, 0) is 23.3 Å². The van der Waals surface area contributed by atoms with Gasteiger partial charge in [0.1, 0.15) is 11.5 Å². The van der Waals surface area contributed by atoms with Gasteiger partial charge in [-0.1, -0.05) is 12.1 Å². The van der Waals surface area contributed by atoms with Gasteiger partial charge in [0.2, 0.25) is 0 Å². The van der Waals surface area contributed by atoms with Gasteiger partial charge >= 0.3 is 0 Å². The summed E-state index contributed by atoms with van der Waals surface area (Å²) in [6, 6.07) is 4.12. The van der Waals surface area contributed by atoms with Crippen LogP contribution >= 0.6 is 0 Å². The molecule has 2 unspecified atom stereocenters. The van der Waals surface area contributed by atoms with Crippen LogP contribution < -0.4 is 22.9 Å². The van der Waals surface area contributed by atoms with Crippen LogP contribution in [0, 0.1) is 0 Å². The maximum Gasteiger partial charge on any atom is 0.198 e. The Balaban J connectivity index is 2.41. The highest BCUT2D eigenvalue weighted by Gasteiger charge is 2.38. The van der Waals surface area contributed by atoms with Gasteiger partial charge in [0.15, 0.2) is 11.6 Å². The summed E-state index contributed by atoms with van der Waals surface area (Å²) in [5.74, 6) is -2.04. The Kier molecular flexibility index (Phi) is 4.51. The number of fused-ring (bicyclic) bond motifs is 2. The lowest BCUT2D eigenvalue weighted by atomic mass is 9.76. The van der Waals surface area contributed by atoms with E-state index in [4.69, 9.17) is 22.9 Å². The van der Waals surface area contributed by atoms with Crippen molar-refractivity contribution in [3.8, 4) is 11.5 Å². The summed E-state index contributed by atoms with van der Waals surface area (Å²) in [6.45, 7) is 0.101. The van der Waals surface area contributed by atoms with E-state index in [2.05, 4.69) is 0 Å². The molecule has 10 N–H and O–H groups in total. The number of phenols is 2. The van der Waals surface area contributed by atoms with Crippen molar-refractivity contribution in [2.45, 2.75) is 12.1 Å². The van der Waals surface area contributed by atoms with Gasteiger partial charge < -0.3 is 33.1 Å². The molecule has 0 aliphatic heterocycles. The summed E-state index contributed by atoms with van der Waals surface area (Å²) in [5.41, 5.74) is 23.6. The molecule has 2 atom stereocenters. The van der Waals surface area contributed by atoms with Crippen LogP contribution in [0.15, 0.2) is 24.3 Å². The fraction of sp³-hybridized carbons (Fsp3) is 0.222. The largest absolute Gasteiger partial charge is 0.507 e. The molecule has 8 nitrogen and oxygen atoms in total. The molecule has 0 spiro atoms. The Morgan fingerprint density at radius 1 is 0.692 bits per heavy atom. The average Bonchev–Trinajstić information content (AvgIpc) is 2.65. The molecule has 136 valence electrons. The third-order valence-corrected chi connectivity index (χ3v) is 4.65. The molecule has 8 heteroatoms. The first-order valence-electron chi connectivity index (χ1n) is 8.05. The second-order valence-electron chi connectivity index (χ2n) is 6.19. The molecule has 1 aliphatic carbocycles. The normalized spacial score (nSPS) is 15.4. The smallest absolute Gasteiger partial charge is 0.198 e. The number of hydrogen-bond acceptors (Lipinski definition) is 8. The van der Waals surface area contributed by atoms with E-state index >= 15 is 0 Å². The van der Waals surface area contributed by atoms with Gasteiger partial charge in [0.25, 0.3) is 0 Å². The topological polar surface area (TPSA) is 179 Å². The van der Waals surface area contributed by atoms with Crippen LogP contribution in [0.5, 0.6) is 11.5 Å². The van der Waals surface area contributed by atoms with E-state index in [0.717, 1.165) is 12.1 Å². The lowest BCUT2D eigenvalue weighted by molar-refractivity contribution is 0.0972. The molecule has 2 aromatic rings. The van der Waals surface area contributed by atoms with E-state index in [9.17, 15) is 19.8 Å². The van der Waals surface area contributed by atoms with E-state index in [1.54, 1.807) is 12.1 Å². The Morgan fingerprint density at radius 2 is 1.04 bits per heavy atom. The Labute approximate surface area is 149 Å². The minimum absolute atomic E-state index is 0.0442. The molecule has 0 heterocycles. The third kappa shape index (κ3) is 2.47. The number of aromatic hydroxyl groups is 2. The highest BCUT2D eigenvalue weighted by molar-refractivity contribution is 6.31. The molecule has 0 amide bonds. The van der Waals surface area contributed by atoms with Crippen molar-refractivity contribution in [1.29, 1.82) is 0 Å². The first-order valence-corrected chi connectivity index (χ1v) is 8.05. The van der Waals surface area contributed by atoms with E-state index in [0.29, 0.717) is 11.1 Å². The summed E-state index contributed by atoms with van der Waals surface area (Å²) in [5, 5.41) is 20.2. The van der Waals surface area contributed by atoms with Crippen LogP contribution in [0.2, 0.25) is 0 Å². The molecule has 26 heavy (non-hydrogen) atoms. The molecule has 0 fully saturated rings. The van der Waals surface area contributed by atoms with E-state index < -0.39 is 35.1 Å². The predicted molar refractivity (Wildman–Crippen MR) is 95.0 cm³/mol. The summed E-state index contributed by atoms with van der Waals surface area (Å²) in [4.78, 5) is 26.3. The number of hydrogen-bond donors (Lipinski definition) is 6. The highest BCUT2D eigenvalue weighted by Crippen LogP contribution is 2.41. The second-order valence-corrected chi connectivity index (χ2v) is 6.19. The zero-order chi connectivity index (χ0) is 19.2. The highest BCUT2D eigenvalue weighted by atomic mass is 16.3. The van der Waals surface area contributed by atoms with Gasteiger partial charge in [-0.3, -0.25) is 9.59 Å². The van der Waals surface area contributed by atoms with Gasteiger partial charge in [-0.25, -0.2) is 0 Å². The third-order valence-electron chi connectivity index (χ3n) is 4.65. The van der Waals surface area contributed by atoms with Crippen LogP contribution in [-0.4, -0.2) is 34.9 Å². The number of benzene rings is 2. The number of nitrogens with two attached hydrogens (primary N) is 4. The van der Waals surface area contributed by atoms with Crippen molar-refractivity contribution in [3.05, 3.63) is 57.6 Å². The quantitative estimate of drug-likeness (QED) is 0.347. The second kappa shape index (κ2) is 6.50. The Hall–Kier alpha value is -2.78. The summed E-state index contributed by atoms with van der Waals surface area (Å²) >= 11 is 0. The molecular weight excluding hydrogens is 336 g/mol. The molecule has 0 bridgehead atoms. The van der Waals surface area contributed by atoms with Crippen LogP contribution in [0.1, 0.15) is 55.1 Å². The summed E-state index contributed by atoms with van der Waals surface area (Å²) < 4.78 is 0. The molecular formula is C18H20N4O4. The van der Waals surface area contributed by atoms with Crippen LogP contribution in [0.4, 0.5) is 0 Å². The van der Waals surface area contributed by atoms with E-state index in [1.165, 1.54) is 0 Å². The van der Waals surface area contributed by atoms with Crippen molar-refractivity contribution < 1.29 is 19.8 Å². The monoisotopic (exact) mass is 356 g/mol. The number of phenolic OH excluding ortho intramolecular Hbond substituents is 2. The first kappa shape index (κ1) is 18.0. The van der Waals surface area contributed by atoms with Crippen molar-refractivity contribution in [2.75, 3.05) is 13.1 Å². The SMILES string of the molecule is NCC(N)c1ccc(C(N)CN)c2c1C(=O)c1c(O)ccc(O)c1C2=O. The maximum atomic E-state index is 13.1. The maximum absolute atomic E-state index is 13.1. The molecule has 3 rings (SSSR count). The lowest BCUT2D eigenvalue weighted by Gasteiger charge is -2.27. The predicted octanol–water partition coefficient (Wildman–Crippen LogP) is -0.210. The lowest BCUT2D eigenvalue weighted by Crippen LogP contribution is -2.31. The minimum Gasteiger partial charge on any atom is -0.507 e. The van der Waals surface area contributed by atoms with Gasteiger partial charge in [-0.15, -0.1) is 0 Å². The standard InChI is InChI=1S/C18H20N4O4/c19-5-9(21)7-1-2-8(10(22)6-20)14-13(7)17(25)15-11(23)3-4-12(24)16(15)18(14)26/h1-4,9-10,23-24H,5-6,19-22H2. The minimum atomic E-state index is -0.690. The number of carbonyl (C=O) groups excluding carboxylic acids is 2. The molecule has 0 saturated carbocycles. The summed E-state index contributed by atoms with van der Waals surface area (Å²) in [7, 11) is 0. The molecule has 0 saturated heterocycles. The Bertz CT molecular complexity index is 852. The average molecular weight is 356 g/mol. The zero-order valence-corrected chi connectivity index (χ0v) is 13.9. The van der Waals surface area contributed by atoms with Crippen molar-refractivity contribution in [2.24, 2.45) is 22.9 Å². The van der Waals surface area contributed by atoms with Gasteiger partial charge in [0.05, 0.1) is 11.1 Å². The number of ketones is 2. The fourth-order valence-electron chi connectivity index (χ4n) is 3.29.